The first-order chi connectivity index (χ1) is 10.6. The normalized spacial score (nSPS) is 18.0. The van der Waals surface area contributed by atoms with Crippen molar-refractivity contribution in [2.75, 3.05) is 19.6 Å². The van der Waals surface area contributed by atoms with E-state index in [1.807, 2.05) is 0 Å². The van der Waals surface area contributed by atoms with Crippen LogP contribution in [0.3, 0.4) is 0 Å². The number of aryl methyl sites for hydroxylation is 1. The molecule has 1 aromatic carbocycles. The minimum Gasteiger partial charge on any atom is -0.356 e. The predicted octanol–water partition coefficient (Wildman–Crippen LogP) is 1.67. The molecule has 0 aliphatic carbocycles. The number of urea groups is 1. The molecule has 1 aliphatic rings. The Labute approximate surface area is 129 Å². The van der Waals surface area contributed by atoms with Crippen LogP contribution in [0.25, 0.3) is 0 Å². The molecule has 1 fully saturated rings. The summed E-state index contributed by atoms with van der Waals surface area (Å²) >= 11 is 0. The van der Waals surface area contributed by atoms with E-state index in [0.717, 1.165) is 31.2 Å². The van der Waals surface area contributed by atoms with Crippen LogP contribution in [-0.2, 0) is 11.2 Å². The molecule has 0 unspecified atom stereocenters. The lowest BCUT2D eigenvalue weighted by Gasteiger charge is -2.30. The fourth-order valence-corrected chi connectivity index (χ4v) is 2.69. The number of carbonyl (C=O) groups is 2. The Balaban J connectivity index is 1.69. The maximum Gasteiger partial charge on any atom is 0.314 e. The lowest BCUT2D eigenvalue weighted by molar-refractivity contribution is -0.126. The van der Waals surface area contributed by atoms with Gasteiger partial charge in [-0.1, -0.05) is 12.1 Å². The summed E-state index contributed by atoms with van der Waals surface area (Å²) in [5, 5.41) is 2.90. The van der Waals surface area contributed by atoms with Crippen LogP contribution >= 0.6 is 0 Å². The molecule has 1 aromatic rings. The quantitative estimate of drug-likeness (QED) is 0.812. The van der Waals surface area contributed by atoms with Crippen LogP contribution in [-0.4, -0.2) is 36.5 Å². The van der Waals surface area contributed by atoms with Crippen molar-refractivity contribution in [3.63, 3.8) is 0 Å². The summed E-state index contributed by atoms with van der Waals surface area (Å²) in [6.45, 7) is 1.60. The van der Waals surface area contributed by atoms with E-state index >= 15 is 0 Å². The summed E-state index contributed by atoms with van der Waals surface area (Å²) in [6.07, 6.45) is 3.17. The SMILES string of the molecule is NC(=O)N1CCC[C@@H](C(=O)NCCCc2ccc(F)cc2)C1. The Kier molecular flexibility index (Phi) is 5.75. The van der Waals surface area contributed by atoms with E-state index in [0.29, 0.717) is 19.6 Å². The molecule has 22 heavy (non-hydrogen) atoms. The van der Waals surface area contributed by atoms with Crippen LogP contribution in [0.5, 0.6) is 0 Å². The number of carbonyl (C=O) groups excluding carboxylic acids is 2. The fraction of sp³-hybridized carbons (Fsp3) is 0.500. The van der Waals surface area contributed by atoms with E-state index in [2.05, 4.69) is 5.32 Å². The molecule has 120 valence electrons. The molecule has 3 amide bonds. The first kappa shape index (κ1) is 16.3. The molecular weight excluding hydrogens is 285 g/mol. The maximum absolute atomic E-state index is 12.8. The van der Waals surface area contributed by atoms with Crippen molar-refractivity contribution in [2.45, 2.75) is 25.7 Å². The third-order valence-electron chi connectivity index (χ3n) is 3.96. The zero-order valence-electron chi connectivity index (χ0n) is 12.6. The van der Waals surface area contributed by atoms with Crippen molar-refractivity contribution < 1.29 is 14.0 Å². The molecule has 0 saturated carbocycles. The number of nitrogens with two attached hydrogens (primary N) is 1. The number of piperidine rings is 1. The number of nitrogens with one attached hydrogen (secondary N) is 1. The van der Waals surface area contributed by atoms with Crippen LogP contribution in [0.2, 0.25) is 0 Å². The van der Waals surface area contributed by atoms with E-state index in [9.17, 15) is 14.0 Å². The van der Waals surface area contributed by atoms with Gasteiger partial charge in [0.05, 0.1) is 5.92 Å². The molecule has 0 bridgehead atoms. The number of hydrogen-bond donors (Lipinski definition) is 2. The Morgan fingerprint density at radius 1 is 1.32 bits per heavy atom. The summed E-state index contributed by atoms with van der Waals surface area (Å²) < 4.78 is 12.8. The average molecular weight is 307 g/mol. The topological polar surface area (TPSA) is 75.4 Å². The molecule has 5 nitrogen and oxygen atoms in total. The van der Waals surface area contributed by atoms with Crippen molar-refractivity contribution >= 4 is 11.9 Å². The number of halogens is 1. The van der Waals surface area contributed by atoms with Gasteiger partial charge in [-0.05, 0) is 43.4 Å². The van der Waals surface area contributed by atoms with Gasteiger partial charge in [-0.3, -0.25) is 4.79 Å². The van der Waals surface area contributed by atoms with Gasteiger partial charge in [0.1, 0.15) is 5.82 Å². The molecule has 0 aromatic heterocycles. The summed E-state index contributed by atoms with van der Waals surface area (Å²) in [6, 6.07) is 5.92. The van der Waals surface area contributed by atoms with Crippen molar-refractivity contribution in [1.82, 2.24) is 10.2 Å². The second kappa shape index (κ2) is 7.77. The number of likely N-dealkylation sites (tertiary alicyclic amines) is 1. The third-order valence-corrected chi connectivity index (χ3v) is 3.96. The number of nitrogens with zero attached hydrogens (tertiary/aromatic N) is 1. The van der Waals surface area contributed by atoms with E-state index in [1.54, 1.807) is 12.1 Å². The van der Waals surface area contributed by atoms with E-state index in [4.69, 9.17) is 5.73 Å². The second-order valence-electron chi connectivity index (χ2n) is 5.64. The first-order valence-corrected chi connectivity index (χ1v) is 7.63. The molecule has 0 radical (unpaired) electrons. The van der Waals surface area contributed by atoms with Crippen molar-refractivity contribution in [1.29, 1.82) is 0 Å². The van der Waals surface area contributed by atoms with Crippen LogP contribution in [0.4, 0.5) is 9.18 Å². The van der Waals surface area contributed by atoms with Gasteiger partial charge in [0.25, 0.3) is 0 Å². The molecular formula is C16H22FN3O2. The number of primary amides is 1. The second-order valence-corrected chi connectivity index (χ2v) is 5.64. The van der Waals surface area contributed by atoms with Gasteiger partial charge in [-0.2, -0.15) is 0 Å². The summed E-state index contributed by atoms with van der Waals surface area (Å²) in [5.74, 6) is -0.439. The van der Waals surface area contributed by atoms with Gasteiger partial charge >= 0.3 is 6.03 Å². The van der Waals surface area contributed by atoms with Gasteiger partial charge in [-0.15, -0.1) is 0 Å². The van der Waals surface area contributed by atoms with Gasteiger partial charge in [0, 0.05) is 19.6 Å². The highest BCUT2D eigenvalue weighted by Crippen LogP contribution is 2.16. The minimum atomic E-state index is -0.464. The Morgan fingerprint density at radius 2 is 2.05 bits per heavy atom. The number of rotatable bonds is 5. The molecule has 2 rings (SSSR count). The fourth-order valence-electron chi connectivity index (χ4n) is 2.69. The van der Waals surface area contributed by atoms with Crippen molar-refractivity contribution in [2.24, 2.45) is 11.7 Å². The Hall–Kier alpha value is -2.11. The molecule has 6 heteroatoms. The molecule has 3 N–H and O–H groups in total. The lowest BCUT2D eigenvalue weighted by atomic mass is 9.97. The Morgan fingerprint density at radius 3 is 2.73 bits per heavy atom. The zero-order chi connectivity index (χ0) is 15.9. The lowest BCUT2D eigenvalue weighted by Crippen LogP contribution is -2.47. The summed E-state index contributed by atoms with van der Waals surface area (Å²) in [4.78, 5) is 24.8. The predicted molar refractivity (Wildman–Crippen MR) is 81.6 cm³/mol. The van der Waals surface area contributed by atoms with Crippen LogP contribution in [0.1, 0.15) is 24.8 Å². The Bertz CT molecular complexity index is 519. The minimum absolute atomic E-state index is 0.0231. The third kappa shape index (κ3) is 4.72. The smallest absolute Gasteiger partial charge is 0.314 e. The standard InChI is InChI=1S/C16H22FN3O2/c17-14-7-5-12(6-8-14)3-1-9-19-15(21)13-4-2-10-20(11-13)16(18)22/h5-8,13H,1-4,9-11H2,(H2,18,22)(H,19,21)/t13-/m1/s1. The van der Waals surface area contributed by atoms with Crippen LogP contribution in [0.15, 0.2) is 24.3 Å². The van der Waals surface area contributed by atoms with E-state index < -0.39 is 6.03 Å². The number of benzene rings is 1. The van der Waals surface area contributed by atoms with E-state index in [-0.39, 0.29) is 17.6 Å². The molecule has 1 aliphatic heterocycles. The van der Waals surface area contributed by atoms with Crippen molar-refractivity contribution in [3.8, 4) is 0 Å². The number of hydrogen-bond acceptors (Lipinski definition) is 2. The van der Waals surface area contributed by atoms with Gasteiger partial charge in [-0.25, -0.2) is 9.18 Å². The van der Waals surface area contributed by atoms with Crippen molar-refractivity contribution in [3.05, 3.63) is 35.6 Å². The molecule has 1 atom stereocenters. The maximum atomic E-state index is 12.8. The highest BCUT2D eigenvalue weighted by atomic mass is 19.1. The molecule has 0 spiro atoms. The van der Waals surface area contributed by atoms with Gasteiger partial charge in [0.2, 0.25) is 5.91 Å². The molecule has 1 heterocycles. The van der Waals surface area contributed by atoms with Gasteiger partial charge < -0.3 is 16.0 Å². The number of amides is 3. The van der Waals surface area contributed by atoms with Gasteiger partial charge in [0.15, 0.2) is 0 Å². The van der Waals surface area contributed by atoms with Crippen LogP contribution < -0.4 is 11.1 Å². The largest absolute Gasteiger partial charge is 0.356 e. The van der Waals surface area contributed by atoms with E-state index in [1.165, 1.54) is 17.0 Å². The highest BCUT2D eigenvalue weighted by Gasteiger charge is 2.26. The average Bonchev–Trinajstić information content (AvgIpc) is 2.53. The monoisotopic (exact) mass is 307 g/mol. The highest BCUT2D eigenvalue weighted by molar-refractivity contribution is 5.80. The first-order valence-electron chi connectivity index (χ1n) is 7.63. The molecule has 1 saturated heterocycles. The summed E-state index contributed by atoms with van der Waals surface area (Å²) in [5.41, 5.74) is 6.30. The zero-order valence-corrected chi connectivity index (χ0v) is 12.6. The van der Waals surface area contributed by atoms with Crippen LogP contribution in [0, 0.1) is 11.7 Å². The summed E-state index contributed by atoms with van der Waals surface area (Å²) in [7, 11) is 0.